The average Bonchev–Trinajstić information content (AvgIpc) is 2.63. The first-order valence-corrected chi connectivity index (χ1v) is 10.6. The molecule has 0 amide bonds. The zero-order valence-corrected chi connectivity index (χ0v) is 17.1. The topological polar surface area (TPSA) is 233 Å². The van der Waals surface area contributed by atoms with Gasteiger partial charge in [0.2, 0.25) is 16.9 Å². The average molecular weight is 490 g/mol. The van der Waals surface area contributed by atoms with Crippen LogP contribution in [0.4, 0.5) is 0 Å². The molecular weight excluding hydrogens is 480 g/mol. The van der Waals surface area contributed by atoms with Gasteiger partial charge in [0.15, 0.2) is 28.8 Å². The van der Waals surface area contributed by atoms with Crippen LogP contribution in [0.5, 0.6) is 34.5 Å². The Bertz CT molecular complexity index is 1500. The summed E-state index contributed by atoms with van der Waals surface area (Å²) in [5.74, 6) is -6.09. The molecule has 0 atom stereocenters. The number of rotatable bonds is 6. The lowest BCUT2D eigenvalue weighted by molar-refractivity contribution is 0.345. The highest BCUT2D eigenvalue weighted by atomic mass is 32.3. The van der Waals surface area contributed by atoms with Gasteiger partial charge in [-0.15, -0.1) is 0 Å². The fourth-order valence-electron chi connectivity index (χ4n) is 2.69. The van der Waals surface area contributed by atoms with E-state index in [1.807, 2.05) is 0 Å². The molecule has 14 nitrogen and oxygen atoms in total. The summed E-state index contributed by atoms with van der Waals surface area (Å²) in [6.07, 6.45) is 0. The molecule has 1 aromatic heterocycles. The second-order valence-corrected chi connectivity index (χ2v) is 7.87. The van der Waals surface area contributed by atoms with E-state index in [2.05, 4.69) is 8.37 Å². The fraction of sp³-hybridized carbons (Fsp3) is 0.0625. The van der Waals surface area contributed by atoms with Gasteiger partial charge in [0.1, 0.15) is 11.0 Å². The summed E-state index contributed by atoms with van der Waals surface area (Å²) in [6.45, 7) is 0. The molecule has 0 fully saturated rings. The van der Waals surface area contributed by atoms with E-state index >= 15 is 0 Å². The number of ether oxygens (including phenoxy) is 1. The van der Waals surface area contributed by atoms with Crippen LogP contribution in [0.25, 0.3) is 22.3 Å². The second-order valence-electron chi connectivity index (χ2n) is 5.91. The molecule has 1 heterocycles. The van der Waals surface area contributed by atoms with Crippen LogP contribution in [0.1, 0.15) is 0 Å². The molecule has 0 aliphatic carbocycles. The van der Waals surface area contributed by atoms with Crippen LogP contribution in [-0.2, 0) is 20.8 Å². The minimum atomic E-state index is -5.58. The Balaban J connectivity index is 2.42. The van der Waals surface area contributed by atoms with Crippen LogP contribution >= 0.6 is 0 Å². The van der Waals surface area contributed by atoms with E-state index in [9.17, 15) is 46.1 Å². The van der Waals surface area contributed by atoms with Crippen molar-refractivity contribution >= 4 is 31.8 Å². The van der Waals surface area contributed by atoms with E-state index in [4.69, 9.17) is 9.15 Å². The van der Waals surface area contributed by atoms with Gasteiger partial charge >= 0.3 is 0 Å². The number of benzene rings is 2. The van der Waals surface area contributed by atoms with Crippen molar-refractivity contribution in [2.75, 3.05) is 7.11 Å². The molecule has 0 saturated heterocycles. The molecule has 0 aliphatic heterocycles. The van der Waals surface area contributed by atoms with Crippen molar-refractivity contribution in [2.24, 2.45) is 0 Å². The smallest absolute Gasteiger partial charge is 0.262 e. The molecular formula is C16H10O14S2-2. The summed E-state index contributed by atoms with van der Waals surface area (Å²) in [5.41, 5.74) is -2.35. The molecule has 172 valence electrons. The highest BCUT2D eigenvalue weighted by Gasteiger charge is 2.26. The molecule has 0 bridgehead atoms. The zero-order chi connectivity index (χ0) is 24.0. The highest BCUT2D eigenvalue weighted by Crippen LogP contribution is 2.44. The third-order valence-electron chi connectivity index (χ3n) is 3.85. The number of phenols is 3. The predicted octanol–water partition coefficient (Wildman–Crippen LogP) is 0.263. The van der Waals surface area contributed by atoms with Crippen LogP contribution < -0.4 is 18.5 Å². The van der Waals surface area contributed by atoms with Gasteiger partial charge < -0.3 is 41.9 Å². The van der Waals surface area contributed by atoms with Crippen molar-refractivity contribution in [1.82, 2.24) is 0 Å². The first-order chi connectivity index (χ1) is 14.7. The maximum Gasteiger partial charge on any atom is 0.262 e. The number of hydrogen-bond donors (Lipinski definition) is 3. The molecule has 32 heavy (non-hydrogen) atoms. The Morgan fingerprint density at radius 2 is 1.53 bits per heavy atom. The molecule has 16 heteroatoms. The molecule has 3 aromatic rings. The van der Waals surface area contributed by atoms with Crippen molar-refractivity contribution in [3.8, 4) is 45.8 Å². The van der Waals surface area contributed by atoms with E-state index in [0.717, 1.165) is 25.3 Å². The SMILES string of the molecule is COc1c(O)cc2oc(-c3ccc(O)c(OS(=O)(=O)[O-])c3)c(OS(=O)(=O)[O-])c(=O)c2c1O. The van der Waals surface area contributed by atoms with Crippen molar-refractivity contribution in [3.05, 3.63) is 34.5 Å². The Hall–Kier alpha value is -3.73. The summed E-state index contributed by atoms with van der Waals surface area (Å²) >= 11 is 0. The normalized spacial score (nSPS) is 12.0. The Morgan fingerprint density at radius 3 is 2.09 bits per heavy atom. The van der Waals surface area contributed by atoms with Crippen molar-refractivity contribution in [2.45, 2.75) is 0 Å². The van der Waals surface area contributed by atoms with E-state index in [1.165, 1.54) is 0 Å². The molecule has 0 radical (unpaired) electrons. The molecule has 3 rings (SSSR count). The molecule has 0 aliphatic rings. The molecule has 0 saturated carbocycles. The van der Waals surface area contributed by atoms with Crippen LogP contribution in [0.2, 0.25) is 0 Å². The summed E-state index contributed by atoms with van der Waals surface area (Å²) in [4.78, 5) is 12.9. The third-order valence-corrected chi connectivity index (χ3v) is 4.61. The standard InChI is InChI=1S/C16H12O14S2/c1-27-15-8(18)5-10-11(12(15)19)13(20)16(30-32(24,25)26)14(28-10)6-2-3-7(17)9(4-6)29-31(21,22)23/h2-5,17-19H,1H3,(H,21,22,23)(H,24,25,26)/p-2. The van der Waals surface area contributed by atoms with Gasteiger partial charge in [0, 0.05) is 11.6 Å². The monoisotopic (exact) mass is 490 g/mol. The van der Waals surface area contributed by atoms with Crippen LogP contribution in [0.3, 0.4) is 0 Å². The summed E-state index contributed by atoms with van der Waals surface area (Å²) in [7, 11) is -9.90. The van der Waals surface area contributed by atoms with Gasteiger partial charge in [-0.2, -0.15) is 0 Å². The third kappa shape index (κ3) is 4.47. The number of aromatic hydroxyl groups is 3. The minimum Gasteiger partial charge on any atom is -0.716 e. The maximum absolute atomic E-state index is 12.9. The van der Waals surface area contributed by atoms with Crippen LogP contribution in [0.15, 0.2) is 33.5 Å². The Morgan fingerprint density at radius 1 is 0.906 bits per heavy atom. The van der Waals surface area contributed by atoms with E-state index < -0.39 is 83.0 Å². The van der Waals surface area contributed by atoms with Crippen LogP contribution in [0, 0.1) is 0 Å². The van der Waals surface area contributed by atoms with E-state index in [1.54, 1.807) is 0 Å². The maximum atomic E-state index is 12.9. The summed E-state index contributed by atoms with van der Waals surface area (Å²) in [5, 5.41) is 29.1. The highest BCUT2D eigenvalue weighted by molar-refractivity contribution is 7.81. The molecule has 0 unspecified atom stereocenters. The number of phenolic OH excluding ortho intramolecular Hbond substituents is 3. The molecule has 0 spiro atoms. The molecule has 2 aromatic carbocycles. The quantitative estimate of drug-likeness (QED) is 0.311. The predicted molar refractivity (Wildman–Crippen MR) is 100 cm³/mol. The second kappa shape index (κ2) is 7.75. The largest absolute Gasteiger partial charge is 0.716 e. The summed E-state index contributed by atoms with van der Waals surface area (Å²) < 4.78 is 84.3. The van der Waals surface area contributed by atoms with Gasteiger partial charge in [-0.25, -0.2) is 16.8 Å². The first kappa shape index (κ1) is 22.9. The Labute approximate surface area is 178 Å². The van der Waals surface area contributed by atoms with Crippen LogP contribution in [-0.4, -0.2) is 48.4 Å². The van der Waals surface area contributed by atoms with Gasteiger partial charge in [0.05, 0.1) is 7.11 Å². The lowest BCUT2D eigenvalue weighted by atomic mass is 10.1. The number of fused-ring (bicyclic) bond motifs is 1. The van der Waals surface area contributed by atoms with Gasteiger partial charge in [-0.1, -0.05) is 0 Å². The van der Waals surface area contributed by atoms with Crippen molar-refractivity contribution in [1.29, 1.82) is 0 Å². The fourth-order valence-corrected chi connectivity index (χ4v) is 3.40. The van der Waals surface area contributed by atoms with E-state index in [0.29, 0.717) is 6.07 Å². The van der Waals surface area contributed by atoms with Gasteiger partial charge in [0.25, 0.3) is 20.8 Å². The zero-order valence-electron chi connectivity index (χ0n) is 15.5. The summed E-state index contributed by atoms with van der Waals surface area (Å²) in [6, 6.07) is 3.21. The van der Waals surface area contributed by atoms with Crippen molar-refractivity contribution in [3.63, 3.8) is 0 Å². The molecule has 3 N–H and O–H groups in total. The number of methoxy groups -OCH3 is 1. The van der Waals surface area contributed by atoms with E-state index in [-0.39, 0.29) is 0 Å². The Kier molecular flexibility index (Phi) is 5.56. The lowest BCUT2D eigenvalue weighted by Crippen LogP contribution is -2.16. The van der Waals surface area contributed by atoms with Gasteiger partial charge in [-0.3, -0.25) is 4.79 Å². The number of hydrogen-bond acceptors (Lipinski definition) is 14. The minimum absolute atomic E-state index is 0.408. The van der Waals surface area contributed by atoms with Crippen molar-refractivity contribution < 1.29 is 58.8 Å². The first-order valence-electron chi connectivity index (χ1n) is 7.95. The lowest BCUT2D eigenvalue weighted by Gasteiger charge is -2.16. The van der Waals surface area contributed by atoms with Gasteiger partial charge in [-0.05, 0) is 18.2 Å².